The van der Waals surface area contributed by atoms with Gasteiger partial charge in [-0.25, -0.2) is 4.98 Å². The van der Waals surface area contributed by atoms with Crippen LogP contribution in [0.4, 0.5) is 0 Å². The normalized spacial score (nSPS) is 12.1. The van der Waals surface area contributed by atoms with Crippen molar-refractivity contribution in [2.45, 2.75) is 39.7 Å². The molecule has 3 heteroatoms. The molecule has 1 rings (SSSR count). The Kier molecular flexibility index (Phi) is 2.24. The molecule has 1 aromatic rings. The zero-order valence-corrected chi connectivity index (χ0v) is 8.14. The van der Waals surface area contributed by atoms with Crippen molar-refractivity contribution in [3.8, 4) is 0 Å². The maximum atomic E-state index is 5.48. The molecule has 12 heavy (non-hydrogen) atoms. The Hall–Kier alpha value is -0.830. The predicted octanol–water partition coefficient (Wildman–Crippen LogP) is 1.74. The minimum Gasteiger partial charge on any atom is -0.445 e. The number of hydrogen-bond donors (Lipinski definition) is 1. The molecule has 1 aromatic heterocycles. The SMILES string of the molecule is Cc1oc(C(C)(C)C)nc1CN. The van der Waals surface area contributed by atoms with Crippen molar-refractivity contribution in [1.29, 1.82) is 0 Å². The Bertz CT molecular complexity index is 271. The van der Waals surface area contributed by atoms with Crippen LogP contribution < -0.4 is 5.73 Å². The summed E-state index contributed by atoms with van der Waals surface area (Å²) in [6.07, 6.45) is 0. The number of rotatable bonds is 1. The highest BCUT2D eigenvalue weighted by Crippen LogP contribution is 2.23. The van der Waals surface area contributed by atoms with Gasteiger partial charge in [-0.05, 0) is 6.92 Å². The topological polar surface area (TPSA) is 52.0 Å². The number of oxazole rings is 1. The van der Waals surface area contributed by atoms with Gasteiger partial charge in [-0.15, -0.1) is 0 Å². The summed E-state index contributed by atoms with van der Waals surface area (Å²) in [6, 6.07) is 0. The molecule has 2 N–H and O–H groups in total. The van der Waals surface area contributed by atoms with E-state index in [4.69, 9.17) is 10.2 Å². The monoisotopic (exact) mass is 168 g/mol. The van der Waals surface area contributed by atoms with Gasteiger partial charge in [0.2, 0.25) is 0 Å². The molecule has 1 heterocycles. The average molecular weight is 168 g/mol. The van der Waals surface area contributed by atoms with E-state index in [2.05, 4.69) is 25.8 Å². The van der Waals surface area contributed by atoms with Crippen LogP contribution in [0, 0.1) is 6.92 Å². The van der Waals surface area contributed by atoms with Gasteiger partial charge in [-0.2, -0.15) is 0 Å². The molecular weight excluding hydrogens is 152 g/mol. The van der Waals surface area contributed by atoms with E-state index < -0.39 is 0 Å². The van der Waals surface area contributed by atoms with E-state index in [1.165, 1.54) is 0 Å². The van der Waals surface area contributed by atoms with Crippen LogP contribution in [0.5, 0.6) is 0 Å². The van der Waals surface area contributed by atoms with Crippen LogP contribution >= 0.6 is 0 Å². The van der Waals surface area contributed by atoms with E-state index >= 15 is 0 Å². The summed E-state index contributed by atoms with van der Waals surface area (Å²) >= 11 is 0. The molecular formula is C9H16N2O. The number of aromatic nitrogens is 1. The number of nitrogens with zero attached hydrogens (tertiary/aromatic N) is 1. The summed E-state index contributed by atoms with van der Waals surface area (Å²) < 4.78 is 5.48. The molecule has 0 radical (unpaired) electrons. The third-order valence-electron chi connectivity index (χ3n) is 1.73. The lowest BCUT2D eigenvalue weighted by Crippen LogP contribution is -2.11. The second-order valence-corrected chi connectivity index (χ2v) is 3.98. The average Bonchev–Trinajstić information content (AvgIpc) is 2.29. The van der Waals surface area contributed by atoms with Crippen LogP contribution in [0.15, 0.2) is 4.42 Å². The second kappa shape index (κ2) is 2.90. The first-order valence-electron chi connectivity index (χ1n) is 4.12. The zero-order valence-electron chi connectivity index (χ0n) is 8.14. The van der Waals surface area contributed by atoms with Crippen molar-refractivity contribution in [2.75, 3.05) is 0 Å². The number of nitrogens with two attached hydrogens (primary N) is 1. The Morgan fingerprint density at radius 2 is 2.00 bits per heavy atom. The highest BCUT2D eigenvalue weighted by molar-refractivity contribution is 5.11. The molecule has 0 saturated heterocycles. The first-order chi connectivity index (χ1) is 5.45. The van der Waals surface area contributed by atoms with Crippen LogP contribution in [-0.4, -0.2) is 4.98 Å². The number of aryl methyl sites for hydroxylation is 1. The Morgan fingerprint density at radius 3 is 2.25 bits per heavy atom. The summed E-state index contributed by atoms with van der Waals surface area (Å²) in [4.78, 5) is 4.31. The molecule has 0 fully saturated rings. The van der Waals surface area contributed by atoms with Gasteiger partial charge in [0, 0.05) is 12.0 Å². The van der Waals surface area contributed by atoms with E-state index in [0.717, 1.165) is 17.3 Å². The Labute approximate surface area is 73.0 Å². The van der Waals surface area contributed by atoms with Crippen LogP contribution in [-0.2, 0) is 12.0 Å². The van der Waals surface area contributed by atoms with Crippen molar-refractivity contribution >= 4 is 0 Å². The quantitative estimate of drug-likeness (QED) is 0.695. The summed E-state index contributed by atoms with van der Waals surface area (Å²) in [5, 5.41) is 0. The maximum absolute atomic E-state index is 5.48. The van der Waals surface area contributed by atoms with E-state index in [0.29, 0.717) is 6.54 Å². The smallest absolute Gasteiger partial charge is 0.200 e. The Balaban J connectivity index is 3.05. The second-order valence-electron chi connectivity index (χ2n) is 3.98. The van der Waals surface area contributed by atoms with Crippen LogP contribution in [0.1, 0.15) is 38.1 Å². The zero-order chi connectivity index (χ0) is 9.35. The van der Waals surface area contributed by atoms with Crippen LogP contribution in [0.25, 0.3) is 0 Å². The first kappa shape index (κ1) is 9.26. The molecule has 0 bridgehead atoms. The standard InChI is InChI=1S/C9H16N2O/c1-6-7(5-10)11-8(12-6)9(2,3)4/h5,10H2,1-4H3. The van der Waals surface area contributed by atoms with Gasteiger partial charge in [0.1, 0.15) is 5.76 Å². The molecule has 0 saturated carbocycles. The van der Waals surface area contributed by atoms with Gasteiger partial charge < -0.3 is 10.2 Å². The fourth-order valence-electron chi connectivity index (χ4n) is 0.938. The fraction of sp³-hybridized carbons (Fsp3) is 0.667. The predicted molar refractivity (Wildman–Crippen MR) is 47.8 cm³/mol. The van der Waals surface area contributed by atoms with Gasteiger partial charge >= 0.3 is 0 Å². The minimum absolute atomic E-state index is 0.0296. The van der Waals surface area contributed by atoms with Crippen molar-refractivity contribution in [3.63, 3.8) is 0 Å². The molecule has 0 atom stereocenters. The lowest BCUT2D eigenvalue weighted by Gasteiger charge is -2.11. The van der Waals surface area contributed by atoms with E-state index in [9.17, 15) is 0 Å². The largest absolute Gasteiger partial charge is 0.445 e. The molecule has 68 valence electrons. The summed E-state index contributed by atoms with van der Waals surface area (Å²) in [6.45, 7) is 8.55. The maximum Gasteiger partial charge on any atom is 0.200 e. The molecule has 0 aromatic carbocycles. The lowest BCUT2D eigenvalue weighted by atomic mass is 9.97. The third kappa shape index (κ3) is 1.67. The summed E-state index contributed by atoms with van der Waals surface area (Å²) in [5.41, 5.74) is 6.32. The van der Waals surface area contributed by atoms with Crippen molar-refractivity contribution in [2.24, 2.45) is 5.73 Å². The van der Waals surface area contributed by atoms with Crippen molar-refractivity contribution in [1.82, 2.24) is 4.98 Å². The van der Waals surface area contributed by atoms with Gasteiger partial charge in [0.25, 0.3) is 0 Å². The van der Waals surface area contributed by atoms with Crippen LogP contribution in [0.3, 0.4) is 0 Å². The van der Waals surface area contributed by atoms with Gasteiger partial charge in [-0.1, -0.05) is 20.8 Å². The fourth-order valence-corrected chi connectivity index (χ4v) is 0.938. The molecule has 0 amide bonds. The van der Waals surface area contributed by atoms with E-state index in [1.54, 1.807) is 0 Å². The number of hydrogen-bond acceptors (Lipinski definition) is 3. The van der Waals surface area contributed by atoms with Crippen molar-refractivity contribution < 1.29 is 4.42 Å². The molecule has 0 unspecified atom stereocenters. The van der Waals surface area contributed by atoms with E-state index in [-0.39, 0.29) is 5.41 Å². The van der Waals surface area contributed by atoms with Gasteiger partial charge in [-0.3, -0.25) is 0 Å². The molecule has 0 aliphatic rings. The summed E-state index contributed by atoms with van der Waals surface area (Å²) in [5.74, 6) is 1.60. The van der Waals surface area contributed by atoms with Gasteiger partial charge in [0.15, 0.2) is 5.89 Å². The highest BCUT2D eigenvalue weighted by atomic mass is 16.4. The van der Waals surface area contributed by atoms with Crippen LogP contribution in [0.2, 0.25) is 0 Å². The van der Waals surface area contributed by atoms with Crippen molar-refractivity contribution in [3.05, 3.63) is 17.3 Å². The Morgan fingerprint density at radius 1 is 1.42 bits per heavy atom. The first-order valence-corrected chi connectivity index (χ1v) is 4.12. The summed E-state index contributed by atoms with van der Waals surface area (Å²) in [7, 11) is 0. The molecule has 3 nitrogen and oxygen atoms in total. The minimum atomic E-state index is -0.0296. The third-order valence-corrected chi connectivity index (χ3v) is 1.73. The highest BCUT2D eigenvalue weighted by Gasteiger charge is 2.21. The molecule has 0 aliphatic heterocycles. The molecule has 0 spiro atoms. The lowest BCUT2D eigenvalue weighted by molar-refractivity contribution is 0.380. The van der Waals surface area contributed by atoms with E-state index in [1.807, 2.05) is 6.92 Å². The molecule has 0 aliphatic carbocycles. The van der Waals surface area contributed by atoms with Gasteiger partial charge in [0.05, 0.1) is 5.69 Å².